The number of rotatable bonds is 4. The maximum absolute atomic E-state index is 12.4. The molecule has 1 aromatic rings. The summed E-state index contributed by atoms with van der Waals surface area (Å²) in [5.74, 6) is 5.70. The molecule has 0 unspecified atom stereocenters. The molecule has 114 valence electrons. The molecule has 0 bridgehead atoms. The molecule has 0 aromatic carbocycles. The van der Waals surface area contributed by atoms with Gasteiger partial charge in [0.05, 0.1) is 22.0 Å². The minimum Gasteiger partial charge on any atom is -0.395 e. The molecule has 2 N–H and O–H groups in total. The van der Waals surface area contributed by atoms with E-state index in [4.69, 9.17) is 5.11 Å². The Kier molecular flexibility index (Phi) is 5.40. The lowest BCUT2D eigenvalue weighted by Gasteiger charge is -2.28. The van der Waals surface area contributed by atoms with Crippen molar-refractivity contribution >= 4 is 17.2 Å². The Morgan fingerprint density at radius 2 is 2.14 bits per heavy atom. The fraction of sp³-hybridized carbons (Fsp3) is 0.562. The number of hydrogen-bond donors (Lipinski definition) is 2. The van der Waals surface area contributed by atoms with Gasteiger partial charge in [0.15, 0.2) is 0 Å². The van der Waals surface area contributed by atoms with Crippen LogP contribution in [0.1, 0.15) is 46.7 Å². The summed E-state index contributed by atoms with van der Waals surface area (Å²) in [6.07, 6.45) is 4.04. The van der Waals surface area contributed by atoms with Crippen molar-refractivity contribution in [3.63, 3.8) is 0 Å². The Morgan fingerprint density at radius 1 is 1.43 bits per heavy atom. The Bertz CT molecular complexity index is 549. The van der Waals surface area contributed by atoms with Crippen LogP contribution in [0.3, 0.4) is 0 Å². The first kappa shape index (κ1) is 16.0. The molecule has 1 amide bonds. The topological polar surface area (TPSA) is 60.8 Å². The molecule has 1 aliphatic carbocycles. The normalized spacial score (nSPS) is 16.3. The second-order valence-corrected chi connectivity index (χ2v) is 6.62. The van der Waals surface area contributed by atoms with Gasteiger partial charge in [-0.15, -0.1) is 11.3 Å². The van der Waals surface area contributed by atoms with Gasteiger partial charge in [-0.25, -0.2) is 0 Å². The lowest BCUT2D eigenvalue weighted by Crippen LogP contribution is -2.41. The van der Waals surface area contributed by atoms with Crippen molar-refractivity contribution in [1.82, 2.24) is 4.90 Å². The zero-order valence-electron chi connectivity index (χ0n) is 12.3. The van der Waals surface area contributed by atoms with Crippen LogP contribution in [0.4, 0.5) is 0 Å². The largest absolute Gasteiger partial charge is 0.395 e. The summed E-state index contributed by atoms with van der Waals surface area (Å²) in [6, 6.07) is 3.59. The number of carbonyl (C=O) groups excluding carboxylic acids is 1. The van der Waals surface area contributed by atoms with E-state index in [0.29, 0.717) is 17.8 Å². The highest BCUT2D eigenvalue weighted by molar-refractivity contribution is 7.14. The predicted octanol–water partition coefficient (Wildman–Crippen LogP) is 1.86. The average Bonchev–Trinajstić information content (AvgIpc) is 3.08. The molecule has 1 heterocycles. The van der Waals surface area contributed by atoms with E-state index in [9.17, 15) is 9.90 Å². The SMILES string of the molecule is CN(CC1(O)CCCC1)C(=O)c1ccc(C#CCCO)s1. The van der Waals surface area contributed by atoms with Crippen molar-refractivity contribution < 1.29 is 15.0 Å². The van der Waals surface area contributed by atoms with Crippen LogP contribution in [-0.2, 0) is 0 Å². The maximum atomic E-state index is 12.4. The molecule has 1 aromatic heterocycles. The Hall–Kier alpha value is -1.35. The lowest BCUT2D eigenvalue weighted by molar-refractivity contribution is 0.0158. The summed E-state index contributed by atoms with van der Waals surface area (Å²) in [4.78, 5) is 15.4. The zero-order valence-corrected chi connectivity index (χ0v) is 13.1. The molecule has 1 saturated carbocycles. The van der Waals surface area contributed by atoms with Gasteiger partial charge in [0.2, 0.25) is 0 Å². The first-order valence-electron chi connectivity index (χ1n) is 7.21. The van der Waals surface area contributed by atoms with Gasteiger partial charge in [0, 0.05) is 20.0 Å². The van der Waals surface area contributed by atoms with Gasteiger partial charge in [-0.3, -0.25) is 4.79 Å². The first-order valence-corrected chi connectivity index (χ1v) is 8.03. The predicted molar refractivity (Wildman–Crippen MR) is 83.3 cm³/mol. The van der Waals surface area contributed by atoms with Crippen LogP contribution < -0.4 is 0 Å². The Labute approximate surface area is 129 Å². The van der Waals surface area contributed by atoms with E-state index in [1.54, 1.807) is 18.0 Å². The summed E-state index contributed by atoms with van der Waals surface area (Å²) in [5.41, 5.74) is -0.717. The first-order chi connectivity index (χ1) is 10.0. The van der Waals surface area contributed by atoms with Gasteiger partial charge in [-0.2, -0.15) is 0 Å². The fourth-order valence-corrected chi connectivity index (χ4v) is 3.49. The number of nitrogens with zero attached hydrogens (tertiary/aromatic N) is 1. The molecule has 21 heavy (non-hydrogen) atoms. The van der Waals surface area contributed by atoms with Crippen LogP contribution in [-0.4, -0.2) is 46.8 Å². The van der Waals surface area contributed by atoms with Crippen LogP contribution in [0.5, 0.6) is 0 Å². The van der Waals surface area contributed by atoms with Gasteiger partial charge in [0.1, 0.15) is 0 Å². The van der Waals surface area contributed by atoms with Gasteiger partial charge < -0.3 is 15.1 Å². The molecule has 1 fully saturated rings. The van der Waals surface area contributed by atoms with Gasteiger partial charge in [0.25, 0.3) is 5.91 Å². The van der Waals surface area contributed by atoms with Gasteiger partial charge in [-0.05, 0) is 25.0 Å². The van der Waals surface area contributed by atoms with E-state index in [1.807, 2.05) is 6.07 Å². The number of aliphatic hydroxyl groups is 2. The number of thiophene rings is 1. The van der Waals surface area contributed by atoms with Gasteiger partial charge in [-0.1, -0.05) is 24.7 Å². The molecule has 2 rings (SSSR count). The van der Waals surface area contributed by atoms with Crippen molar-refractivity contribution in [1.29, 1.82) is 0 Å². The van der Waals surface area contributed by atoms with Crippen molar-refractivity contribution in [3.8, 4) is 11.8 Å². The van der Waals surface area contributed by atoms with Crippen molar-refractivity contribution in [2.24, 2.45) is 0 Å². The highest BCUT2D eigenvalue weighted by Crippen LogP contribution is 2.30. The summed E-state index contributed by atoms with van der Waals surface area (Å²) in [7, 11) is 1.73. The van der Waals surface area contributed by atoms with Crippen molar-refractivity contribution in [2.75, 3.05) is 20.2 Å². The van der Waals surface area contributed by atoms with E-state index in [0.717, 1.165) is 30.6 Å². The summed E-state index contributed by atoms with van der Waals surface area (Å²) in [6.45, 7) is 0.431. The maximum Gasteiger partial charge on any atom is 0.263 e. The zero-order chi connectivity index (χ0) is 15.3. The number of likely N-dealkylation sites (N-methyl/N-ethyl adjacent to an activating group) is 1. The summed E-state index contributed by atoms with van der Waals surface area (Å²) >= 11 is 1.35. The molecular formula is C16H21NO3S. The van der Waals surface area contributed by atoms with Crippen LogP contribution in [0.25, 0.3) is 0 Å². The van der Waals surface area contributed by atoms with E-state index in [1.165, 1.54) is 11.3 Å². The van der Waals surface area contributed by atoms with Crippen LogP contribution >= 0.6 is 11.3 Å². The van der Waals surface area contributed by atoms with Crippen LogP contribution in [0.2, 0.25) is 0 Å². The van der Waals surface area contributed by atoms with Crippen LogP contribution in [0.15, 0.2) is 12.1 Å². The van der Waals surface area contributed by atoms with Crippen molar-refractivity contribution in [3.05, 3.63) is 21.9 Å². The van der Waals surface area contributed by atoms with Crippen molar-refractivity contribution in [2.45, 2.75) is 37.7 Å². The smallest absolute Gasteiger partial charge is 0.263 e. The third-order valence-corrected chi connectivity index (χ3v) is 4.67. The van der Waals surface area contributed by atoms with E-state index in [2.05, 4.69) is 11.8 Å². The summed E-state index contributed by atoms with van der Waals surface area (Å²) < 4.78 is 0. The van der Waals surface area contributed by atoms with Crippen LogP contribution in [0, 0.1) is 11.8 Å². The number of aliphatic hydroxyl groups excluding tert-OH is 1. The quantitative estimate of drug-likeness (QED) is 0.835. The average molecular weight is 307 g/mol. The van der Waals surface area contributed by atoms with E-state index >= 15 is 0 Å². The number of hydrogen-bond acceptors (Lipinski definition) is 4. The highest BCUT2D eigenvalue weighted by Gasteiger charge is 2.33. The molecule has 0 saturated heterocycles. The number of amides is 1. The second kappa shape index (κ2) is 7.08. The molecular weight excluding hydrogens is 286 g/mol. The molecule has 5 heteroatoms. The third-order valence-electron chi connectivity index (χ3n) is 3.68. The molecule has 1 aliphatic rings. The fourth-order valence-electron chi connectivity index (χ4n) is 2.62. The number of carbonyl (C=O) groups is 1. The Morgan fingerprint density at radius 3 is 2.81 bits per heavy atom. The minimum atomic E-state index is -0.717. The summed E-state index contributed by atoms with van der Waals surface area (Å²) in [5, 5.41) is 19.1. The molecule has 0 radical (unpaired) electrons. The lowest BCUT2D eigenvalue weighted by atomic mass is 10.0. The van der Waals surface area contributed by atoms with Gasteiger partial charge >= 0.3 is 0 Å². The Balaban J connectivity index is 1.98. The molecule has 0 aliphatic heterocycles. The van der Waals surface area contributed by atoms with E-state index in [-0.39, 0.29) is 12.5 Å². The second-order valence-electron chi connectivity index (χ2n) is 5.53. The molecule has 0 spiro atoms. The monoisotopic (exact) mass is 307 g/mol. The standard InChI is InChI=1S/C16H21NO3S/c1-17(12-16(20)9-3-4-10-16)15(19)14-8-7-13(21-14)6-2-5-11-18/h7-8,18,20H,3-5,9-12H2,1H3. The minimum absolute atomic E-state index is 0.0471. The highest BCUT2D eigenvalue weighted by atomic mass is 32.1. The molecule has 4 nitrogen and oxygen atoms in total. The third kappa shape index (κ3) is 4.31. The molecule has 0 atom stereocenters. The van der Waals surface area contributed by atoms with E-state index < -0.39 is 5.60 Å².